The van der Waals surface area contributed by atoms with Crippen LogP contribution in [0.5, 0.6) is 0 Å². The van der Waals surface area contributed by atoms with Gasteiger partial charge in [-0.15, -0.1) is 0 Å². The molecule has 2 aliphatic heterocycles. The summed E-state index contributed by atoms with van der Waals surface area (Å²) in [6.45, 7) is 3.86. The number of hydrogen-bond donors (Lipinski definition) is 2. The van der Waals surface area contributed by atoms with E-state index < -0.39 is 6.04 Å². The molecule has 2 N–H and O–H groups in total. The zero-order valence-electron chi connectivity index (χ0n) is 12.8. The molecule has 1 saturated heterocycles. The number of ether oxygens (including phenoxy) is 1. The topological polar surface area (TPSA) is 70.7 Å². The minimum atomic E-state index is -0.562. The number of halogens is 1. The van der Waals surface area contributed by atoms with Crippen LogP contribution in [0.2, 0.25) is 5.02 Å². The number of benzene rings is 1. The normalized spacial score (nSPS) is 21.7. The number of hydrogen-bond acceptors (Lipinski definition) is 3. The summed E-state index contributed by atoms with van der Waals surface area (Å²) in [7, 11) is 0. The van der Waals surface area contributed by atoms with Crippen molar-refractivity contribution in [2.24, 2.45) is 0 Å². The number of rotatable bonds is 2. The Bertz CT molecular complexity index is 668. The van der Waals surface area contributed by atoms with Gasteiger partial charge in [-0.3, -0.25) is 4.79 Å². The van der Waals surface area contributed by atoms with Crippen LogP contribution in [0, 0.1) is 0 Å². The third-order valence-corrected chi connectivity index (χ3v) is 4.36. The summed E-state index contributed by atoms with van der Waals surface area (Å²) >= 11 is 6.27. The van der Waals surface area contributed by atoms with Gasteiger partial charge in [-0.1, -0.05) is 29.8 Å². The highest BCUT2D eigenvalue weighted by atomic mass is 35.5. The summed E-state index contributed by atoms with van der Waals surface area (Å²) < 4.78 is 5.30. The number of carbonyl (C=O) groups excluding carboxylic acids is 2. The highest BCUT2D eigenvalue weighted by Crippen LogP contribution is 2.32. The van der Waals surface area contributed by atoms with Gasteiger partial charge >= 0.3 is 6.03 Å². The van der Waals surface area contributed by atoms with Gasteiger partial charge in [0.1, 0.15) is 0 Å². The maximum atomic E-state index is 12.9. The molecule has 1 fully saturated rings. The van der Waals surface area contributed by atoms with Crippen LogP contribution in [0.15, 0.2) is 35.5 Å². The Morgan fingerprint density at radius 3 is 2.70 bits per heavy atom. The zero-order valence-corrected chi connectivity index (χ0v) is 13.5. The van der Waals surface area contributed by atoms with Gasteiger partial charge in [0.15, 0.2) is 0 Å². The van der Waals surface area contributed by atoms with Crippen LogP contribution < -0.4 is 10.6 Å². The maximum absolute atomic E-state index is 12.9. The van der Waals surface area contributed by atoms with Crippen LogP contribution in [0.4, 0.5) is 4.79 Å². The molecule has 0 spiro atoms. The number of nitrogens with one attached hydrogen (secondary N) is 2. The van der Waals surface area contributed by atoms with E-state index in [-0.39, 0.29) is 11.9 Å². The molecule has 3 rings (SSSR count). The van der Waals surface area contributed by atoms with Crippen molar-refractivity contribution < 1.29 is 14.3 Å². The molecule has 0 saturated carbocycles. The van der Waals surface area contributed by atoms with Crippen LogP contribution in [-0.2, 0) is 9.53 Å². The Morgan fingerprint density at radius 2 is 2.00 bits per heavy atom. The molecule has 1 aromatic rings. The average molecular weight is 336 g/mol. The van der Waals surface area contributed by atoms with E-state index in [1.807, 2.05) is 18.2 Å². The van der Waals surface area contributed by atoms with E-state index in [0.29, 0.717) is 48.2 Å². The molecule has 0 radical (unpaired) electrons. The summed E-state index contributed by atoms with van der Waals surface area (Å²) in [4.78, 5) is 26.6. The summed E-state index contributed by atoms with van der Waals surface area (Å²) in [5.74, 6) is -0.108. The minimum absolute atomic E-state index is 0.108. The van der Waals surface area contributed by atoms with Crippen molar-refractivity contribution >= 4 is 23.5 Å². The molecule has 1 atom stereocenters. The molecular weight excluding hydrogens is 318 g/mol. The SMILES string of the molecule is CC1=C(C(=O)N2CCOCC2)[C@H](c2ccccc2Cl)NC(=O)N1. The molecule has 1 aromatic carbocycles. The first kappa shape index (κ1) is 15.8. The van der Waals surface area contributed by atoms with Crippen molar-refractivity contribution in [3.8, 4) is 0 Å². The Hall–Kier alpha value is -2.05. The first-order chi connectivity index (χ1) is 11.1. The molecule has 2 aliphatic rings. The molecule has 23 heavy (non-hydrogen) atoms. The van der Waals surface area contributed by atoms with Crippen molar-refractivity contribution in [2.75, 3.05) is 26.3 Å². The molecule has 6 nitrogen and oxygen atoms in total. The highest BCUT2D eigenvalue weighted by molar-refractivity contribution is 6.31. The minimum Gasteiger partial charge on any atom is -0.378 e. The second kappa shape index (κ2) is 6.60. The van der Waals surface area contributed by atoms with Gasteiger partial charge < -0.3 is 20.3 Å². The number of nitrogens with zero attached hydrogens (tertiary/aromatic N) is 1. The Balaban J connectivity index is 1.99. The number of allylic oxidation sites excluding steroid dienone is 1. The second-order valence-corrected chi connectivity index (χ2v) is 5.90. The Labute approximate surface area is 139 Å². The number of amides is 3. The summed E-state index contributed by atoms with van der Waals surface area (Å²) in [5, 5.41) is 5.99. The largest absolute Gasteiger partial charge is 0.378 e. The van der Waals surface area contributed by atoms with Crippen LogP contribution >= 0.6 is 11.6 Å². The predicted molar refractivity (Wildman–Crippen MR) is 86.0 cm³/mol. The van der Waals surface area contributed by atoms with Crippen molar-refractivity contribution in [3.63, 3.8) is 0 Å². The van der Waals surface area contributed by atoms with E-state index in [0.717, 1.165) is 0 Å². The van der Waals surface area contributed by atoms with Gasteiger partial charge in [0.25, 0.3) is 5.91 Å². The van der Waals surface area contributed by atoms with Crippen LogP contribution in [0.1, 0.15) is 18.5 Å². The molecule has 2 heterocycles. The molecule has 0 aliphatic carbocycles. The summed E-state index contributed by atoms with van der Waals surface area (Å²) in [6, 6.07) is 6.31. The van der Waals surface area contributed by atoms with Crippen LogP contribution in [0.3, 0.4) is 0 Å². The van der Waals surface area contributed by atoms with Gasteiger partial charge in [0, 0.05) is 23.8 Å². The van der Waals surface area contributed by atoms with Gasteiger partial charge in [0.05, 0.1) is 24.8 Å². The van der Waals surface area contributed by atoms with Crippen LogP contribution in [-0.4, -0.2) is 43.1 Å². The first-order valence-electron chi connectivity index (χ1n) is 7.47. The van der Waals surface area contributed by atoms with Crippen LogP contribution in [0.25, 0.3) is 0 Å². The van der Waals surface area contributed by atoms with Gasteiger partial charge in [-0.2, -0.15) is 0 Å². The van der Waals surface area contributed by atoms with Gasteiger partial charge in [0.2, 0.25) is 0 Å². The molecule has 0 bridgehead atoms. The van der Waals surface area contributed by atoms with Gasteiger partial charge in [-0.05, 0) is 18.6 Å². The van der Waals surface area contributed by atoms with E-state index in [2.05, 4.69) is 10.6 Å². The lowest BCUT2D eigenvalue weighted by atomic mass is 9.94. The summed E-state index contributed by atoms with van der Waals surface area (Å²) in [5.41, 5.74) is 1.77. The highest BCUT2D eigenvalue weighted by Gasteiger charge is 2.34. The third kappa shape index (κ3) is 3.18. The van der Waals surface area contributed by atoms with E-state index in [1.54, 1.807) is 17.9 Å². The lowest BCUT2D eigenvalue weighted by Crippen LogP contribution is -2.49. The van der Waals surface area contributed by atoms with E-state index >= 15 is 0 Å². The molecule has 3 amide bonds. The number of morpholine rings is 1. The van der Waals surface area contributed by atoms with Gasteiger partial charge in [-0.25, -0.2) is 4.79 Å². The maximum Gasteiger partial charge on any atom is 0.319 e. The zero-order chi connectivity index (χ0) is 16.4. The van der Waals surface area contributed by atoms with E-state index in [4.69, 9.17) is 16.3 Å². The monoisotopic (exact) mass is 335 g/mol. The molecule has 0 aromatic heterocycles. The second-order valence-electron chi connectivity index (χ2n) is 5.50. The van der Waals surface area contributed by atoms with Crippen molar-refractivity contribution in [2.45, 2.75) is 13.0 Å². The standard InChI is InChI=1S/C16H18ClN3O3/c1-10-13(15(21)20-6-8-23-9-7-20)14(19-16(22)18-10)11-4-2-3-5-12(11)17/h2-5,14H,6-9H2,1H3,(H2,18,19,22)/t14-/m0/s1. The fourth-order valence-corrected chi connectivity index (χ4v) is 3.10. The van der Waals surface area contributed by atoms with E-state index in [1.165, 1.54) is 0 Å². The third-order valence-electron chi connectivity index (χ3n) is 4.01. The Kier molecular flexibility index (Phi) is 4.54. The Morgan fingerprint density at radius 1 is 1.30 bits per heavy atom. The lowest BCUT2D eigenvalue weighted by Gasteiger charge is -2.34. The fraction of sp³-hybridized carbons (Fsp3) is 0.375. The quantitative estimate of drug-likeness (QED) is 0.866. The number of urea groups is 1. The fourth-order valence-electron chi connectivity index (χ4n) is 2.86. The number of carbonyl (C=O) groups is 2. The van der Waals surface area contributed by atoms with Crippen molar-refractivity contribution in [3.05, 3.63) is 46.1 Å². The predicted octanol–water partition coefficient (Wildman–Crippen LogP) is 1.83. The van der Waals surface area contributed by atoms with E-state index in [9.17, 15) is 9.59 Å². The molecule has 0 unspecified atom stereocenters. The van der Waals surface area contributed by atoms with Crippen molar-refractivity contribution in [1.82, 2.24) is 15.5 Å². The summed E-state index contributed by atoms with van der Waals surface area (Å²) in [6.07, 6.45) is 0. The van der Waals surface area contributed by atoms with Crippen molar-refractivity contribution in [1.29, 1.82) is 0 Å². The molecular formula is C16H18ClN3O3. The smallest absolute Gasteiger partial charge is 0.319 e. The lowest BCUT2D eigenvalue weighted by molar-refractivity contribution is -0.131. The first-order valence-corrected chi connectivity index (χ1v) is 7.85. The molecule has 122 valence electrons. The molecule has 7 heteroatoms. The average Bonchev–Trinajstić information content (AvgIpc) is 2.55.